The number of hydrogen-bond acceptors (Lipinski definition) is 3. The van der Waals surface area contributed by atoms with Crippen molar-refractivity contribution in [1.29, 1.82) is 0 Å². The number of benzene rings is 1. The van der Waals surface area contributed by atoms with Gasteiger partial charge in [-0.15, -0.1) is 0 Å². The van der Waals surface area contributed by atoms with Crippen LogP contribution in [-0.2, 0) is 6.42 Å². The molecule has 2 aromatic rings. The van der Waals surface area contributed by atoms with Gasteiger partial charge in [0.2, 0.25) is 0 Å². The molecular weight excluding hydrogens is 324 g/mol. The Hall–Kier alpha value is -2.27. The molecule has 0 radical (unpaired) electrons. The molecule has 26 heavy (non-hydrogen) atoms. The van der Waals surface area contributed by atoms with Gasteiger partial charge in [-0.25, -0.2) is 0 Å². The zero-order chi connectivity index (χ0) is 18.4. The lowest BCUT2D eigenvalue weighted by molar-refractivity contribution is 0.256. The first-order valence-corrected chi connectivity index (χ1v) is 9.36. The molecule has 2 unspecified atom stereocenters. The van der Waals surface area contributed by atoms with Crippen molar-refractivity contribution in [2.45, 2.75) is 18.9 Å². The number of furan rings is 1. The summed E-state index contributed by atoms with van der Waals surface area (Å²) in [5.74, 6) is 2.64. The minimum Gasteiger partial charge on any atom is -0.468 e. The van der Waals surface area contributed by atoms with Gasteiger partial charge in [0.1, 0.15) is 5.76 Å². The highest BCUT2D eigenvalue weighted by atomic mass is 16.3. The van der Waals surface area contributed by atoms with Gasteiger partial charge in [-0.1, -0.05) is 30.3 Å². The first-order chi connectivity index (χ1) is 12.7. The highest BCUT2D eigenvalue weighted by Gasteiger charge is 2.26. The number of hydrogen-bond donors (Lipinski definition) is 1. The third-order valence-corrected chi connectivity index (χ3v) is 5.11. The van der Waals surface area contributed by atoms with Crippen molar-refractivity contribution in [3.8, 4) is 0 Å². The first-order valence-electron chi connectivity index (χ1n) is 9.36. The lowest BCUT2D eigenvalue weighted by Gasteiger charge is -2.27. The topological polar surface area (TPSA) is 44.0 Å². The summed E-state index contributed by atoms with van der Waals surface area (Å²) in [6.45, 7) is 2.89. The summed E-state index contributed by atoms with van der Waals surface area (Å²) >= 11 is 0. The molecule has 0 saturated carbocycles. The van der Waals surface area contributed by atoms with Gasteiger partial charge in [-0.3, -0.25) is 9.89 Å². The van der Waals surface area contributed by atoms with E-state index in [1.807, 2.05) is 19.2 Å². The monoisotopic (exact) mass is 354 g/mol. The number of aliphatic imine (C=N–C) groups is 1. The molecule has 2 heterocycles. The summed E-state index contributed by atoms with van der Waals surface area (Å²) in [6, 6.07) is 14.9. The van der Waals surface area contributed by atoms with Crippen molar-refractivity contribution in [3.63, 3.8) is 0 Å². The van der Waals surface area contributed by atoms with E-state index in [-0.39, 0.29) is 6.04 Å². The Morgan fingerprint density at radius 3 is 2.73 bits per heavy atom. The van der Waals surface area contributed by atoms with Gasteiger partial charge in [-0.05, 0) is 50.6 Å². The summed E-state index contributed by atoms with van der Waals surface area (Å²) in [6.07, 6.45) is 4.08. The predicted molar refractivity (Wildman–Crippen MR) is 106 cm³/mol. The molecule has 2 atom stereocenters. The largest absolute Gasteiger partial charge is 0.468 e. The van der Waals surface area contributed by atoms with Crippen molar-refractivity contribution in [1.82, 2.24) is 15.1 Å². The van der Waals surface area contributed by atoms with E-state index in [0.29, 0.717) is 5.92 Å². The second-order valence-corrected chi connectivity index (χ2v) is 7.21. The Morgan fingerprint density at radius 1 is 1.27 bits per heavy atom. The maximum Gasteiger partial charge on any atom is 0.193 e. The molecule has 3 rings (SSSR count). The van der Waals surface area contributed by atoms with Crippen molar-refractivity contribution >= 4 is 5.96 Å². The number of nitrogens with zero attached hydrogens (tertiary/aromatic N) is 3. The fraction of sp³-hybridized carbons (Fsp3) is 0.476. The van der Waals surface area contributed by atoms with Crippen LogP contribution in [0, 0.1) is 5.92 Å². The molecule has 1 saturated heterocycles. The SMILES string of the molecule is CN=C(NCC(c1ccco1)N(C)C)N1CCC(Cc2ccccc2)C1. The van der Waals surface area contributed by atoms with Gasteiger partial charge in [0, 0.05) is 26.7 Å². The van der Waals surface area contributed by atoms with Crippen LogP contribution in [0.3, 0.4) is 0 Å². The zero-order valence-electron chi connectivity index (χ0n) is 16.1. The molecule has 1 N–H and O–H groups in total. The van der Waals surface area contributed by atoms with E-state index in [1.165, 1.54) is 12.0 Å². The lowest BCUT2D eigenvalue weighted by atomic mass is 9.99. The normalized spacial score (nSPS) is 19.2. The maximum atomic E-state index is 5.60. The molecular formula is C21H30N4O. The van der Waals surface area contributed by atoms with Crippen LogP contribution in [-0.4, -0.2) is 56.5 Å². The number of rotatable bonds is 6. The number of guanidine groups is 1. The van der Waals surface area contributed by atoms with Crippen LogP contribution < -0.4 is 5.32 Å². The van der Waals surface area contributed by atoms with Gasteiger partial charge >= 0.3 is 0 Å². The number of likely N-dealkylation sites (N-methyl/N-ethyl adjacent to an activating group) is 1. The number of nitrogens with one attached hydrogen (secondary N) is 1. The van der Waals surface area contributed by atoms with Crippen LogP contribution in [0.1, 0.15) is 23.8 Å². The molecule has 5 heteroatoms. The smallest absolute Gasteiger partial charge is 0.193 e. The van der Waals surface area contributed by atoms with E-state index < -0.39 is 0 Å². The van der Waals surface area contributed by atoms with Crippen molar-refractivity contribution in [2.24, 2.45) is 10.9 Å². The summed E-state index contributed by atoms with van der Waals surface area (Å²) in [7, 11) is 6.01. The summed E-state index contributed by atoms with van der Waals surface area (Å²) in [5, 5.41) is 3.54. The number of likely N-dealkylation sites (tertiary alicyclic amines) is 1. The van der Waals surface area contributed by atoms with Crippen LogP contribution in [0.5, 0.6) is 0 Å². The Morgan fingerprint density at radius 2 is 2.08 bits per heavy atom. The highest BCUT2D eigenvalue weighted by Crippen LogP contribution is 2.22. The molecule has 0 spiro atoms. The summed E-state index contributed by atoms with van der Waals surface area (Å²) < 4.78 is 5.60. The van der Waals surface area contributed by atoms with Crippen LogP contribution in [0.2, 0.25) is 0 Å². The molecule has 1 aliphatic rings. The Bertz CT molecular complexity index is 681. The first kappa shape index (κ1) is 18.5. The van der Waals surface area contributed by atoms with Gasteiger partial charge in [0.15, 0.2) is 5.96 Å². The van der Waals surface area contributed by atoms with Crippen molar-refractivity contribution in [3.05, 3.63) is 60.1 Å². The van der Waals surface area contributed by atoms with E-state index in [4.69, 9.17) is 4.42 Å². The zero-order valence-corrected chi connectivity index (χ0v) is 16.1. The van der Waals surface area contributed by atoms with E-state index in [0.717, 1.165) is 37.8 Å². The van der Waals surface area contributed by atoms with Crippen LogP contribution in [0.4, 0.5) is 0 Å². The molecule has 1 fully saturated rings. The van der Waals surface area contributed by atoms with Crippen LogP contribution >= 0.6 is 0 Å². The fourth-order valence-corrected chi connectivity index (χ4v) is 3.68. The molecule has 1 aromatic heterocycles. The fourth-order valence-electron chi connectivity index (χ4n) is 3.68. The third kappa shape index (κ3) is 4.67. The van der Waals surface area contributed by atoms with Crippen molar-refractivity contribution in [2.75, 3.05) is 40.8 Å². The average molecular weight is 354 g/mol. The minimum absolute atomic E-state index is 0.185. The van der Waals surface area contributed by atoms with Crippen molar-refractivity contribution < 1.29 is 4.42 Å². The highest BCUT2D eigenvalue weighted by molar-refractivity contribution is 5.80. The lowest BCUT2D eigenvalue weighted by Crippen LogP contribution is -2.43. The molecule has 0 aliphatic carbocycles. The van der Waals surface area contributed by atoms with E-state index in [1.54, 1.807) is 6.26 Å². The van der Waals surface area contributed by atoms with Gasteiger partial charge in [0.25, 0.3) is 0 Å². The maximum absolute atomic E-state index is 5.60. The van der Waals surface area contributed by atoms with Gasteiger partial charge in [-0.2, -0.15) is 0 Å². The minimum atomic E-state index is 0.185. The van der Waals surface area contributed by atoms with Crippen LogP contribution in [0.25, 0.3) is 0 Å². The van der Waals surface area contributed by atoms with Gasteiger partial charge in [0.05, 0.1) is 12.3 Å². The van der Waals surface area contributed by atoms with E-state index >= 15 is 0 Å². The molecule has 1 aliphatic heterocycles. The van der Waals surface area contributed by atoms with E-state index in [9.17, 15) is 0 Å². The van der Waals surface area contributed by atoms with Gasteiger partial charge < -0.3 is 14.6 Å². The molecule has 0 bridgehead atoms. The predicted octanol–water partition coefficient (Wildman–Crippen LogP) is 3.02. The quantitative estimate of drug-likeness (QED) is 0.640. The third-order valence-electron chi connectivity index (χ3n) is 5.11. The Labute approximate surface area is 156 Å². The van der Waals surface area contributed by atoms with Crippen LogP contribution in [0.15, 0.2) is 58.1 Å². The Balaban J connectivity index is 1.54. The summed E-state index contributed by atoms with van der Waals surface area (Å²) in [4.78, 5) is 9.05. The summed E-state index contributed by atoms with van der Waals surface area (Å²) in [5.41, 5.74) is 1.42. The second kappa shape index (κ2) is 8.90. The standard InChI is InChI=1S/C21H30N4O/c1-22-21(23-15-19(24(2)3)20-10-7-13-26-20)25-12-11-18(16-25)14-17-8-5-4-6-9-17/h4-10,13,18-19H,11-12,14-16H2,1-3H3,(H,22,23). The molecule has 140 valence electrons. The molecule has 1 aromatic carbocycles. The molecule has 0 amide bonds. The average Bonchev–Trinajstić information content (AvgIpc) is 3.32. The molecule has 5 nitrogen and oxygen atoms in total. The second-order valence-electron chi connectivity index (χ2n) is 7.21. The van der Waals surface area contributed by atoms with E-state index in [2.05, 4.69) is 64.5 Å². The Kier molecular flexibility index (Phi) is 6.34.